The Morgan fingerprint density at radius 2 is 2.19 bits per heavy atom. The van der Waals surface area contributed by atoms with Gasteiger partial charge >= 0.3 is 0 Å². The number of aryl methyl sites for hydroxylation is 1. The van der Waals surface area contributed by atoms with E-state index < -0.39 is 0 Å². The highest BCUT2D eigenvalue weighted by Gasteiger charge is 2.20. The van der Waals surface area contributed by atoms with Gasteiger partial charge in [0.15, 0.2) is 0 Å². The molecule has 0 unspecified atom stereocenters. The van der Waals surface area contributed by atoms with Crippen molar-refractivity contribution in [2.75, 3.05) is 6.54 Å². The maximum Gasteiger partial charge on any atom is 0.229 e. The van der Waals surface area contributed by atoms with Gasteiger partial charge in [0.05, 0.1) is 36.7 Å². The van der Waals surface area contributed by atoms with Crippen LogP contribution in [0.3, 0.4) is 0 Å². The molecule has 0 radical (unpaired) electrons. The zero-order valence-corrected chi connectivity index (χ0v) is 11.6. The van der Waals surface area contributed by atoms with Crippen molar-refractivity contribution in [1.29, 1.82) is 0 Å². The molecule has 3 rings (SSSR count). The molecule has 7 heteroatoms. The molecule has 2 aromatic rings. The van der Waals surface area contributed by atoms with Gasteiger partial charge in [0, 0.05) is 31.7 Å². The van der Waals surface area contributed by atoms with Gasteiger partial charge in [-0.2, -0.15) is 5.10 Å². The average Bonchev–Trinajstić information content (AvgIpc) is 2.79. The molecule has 1 amide bonds. The predicted octanol–water partition coefficient (Wildman–Crippen LogP) is 0.140. The number of fused-ring (bicyclic) bond motifs is 1. The molecule has 7 nitrogen and oxygen atoms in total. The molecule has 0 aromatic carbocycles. The van der Waals surface area contributed by atoms with Crippen LogP contribution in [0.15, 0.2) is 24.7 Å². The number of nitrogens with zero attached hydrogens (tertiary/aromatic N) is 5. The van der Waals surface area contributed by atoms with Crippen LogP contribution in [0.4, 0.5) is 0 Å². The lowest BCUT2D eigenvalue weighted by Gasteiger charge is -2.19. The van der Waals surface area contributed by atoms with Crippen molar-refractivity contribution in [2.45, 2.75) is 32.5 Å². The van der Waals surface area contributed by atoms with E-state index in [9.17, 15) is 4.79 Å². The summed E-state index contributed by atoms with van der Waals surface area (Å²) in [5, 5.41) is 13.5. The molecule has 110 valence electrons. The lowest BCUT2D eigenvalue weighted by Crippen LogP contribution is -2.32. The largest absolute Gasteiger partial charge is 0.390 e. The molecule has 0 bridgehead atoms. The lowest BCUT2D eigenvalue weighted by atomic mass is 10.2. The summed E-state index contributed by atoms with van der Waals surface area (Å²) >= 11 is 0. The number of aliphatic hydroxyl groups excluding tert-OH is 1. The molecule has 0 fully saturated rings. The number of amides is 1. The zero-order chi connectivity index (χ0) is 14.7. The number of aromatic nitrogens is 4. The van der Waals surface area contributed by atoms with Crippen molar-refractivity contribution in [1.82, 2.24) is 24.6 Å². The highest BCUT2D eigenvalue weighted by atomic mass is 16.3. The van der Waals surface area contributed by atoms with Gasteiger partial charge in [-0.25, -0.2) is 0 Å². The van der Waals surface area contributed by atoms with E-state index in [1.165, 1.54) is 0 Å². The second-order valence-electron chi connectivity index (χ2n) is 5.05. The Labute approximate surface area is 122 Å². The van der Waals surface area contributed by atoms with Gasteiger partial charge in [0.2, 0.25) is 5.91 Å². The highest BCUT2D eigenvalue weighted by molar-refractivity contribution is 5.78. The summed E-state index contributed by atoms with van der Waals surface area (Å²) in [7, 11) is 0. The van der Waals surface area contributed by atoms with Gasteiger partial charge in [-0.05, 0) is 12.5 Å². The highest BCUT2D eigenvalue weighted by Crippen LogP contribution is 2.15. The minimum atomic E-state index is -0.0758. The second kappa shape index (κ2) is 6.01. The Kier molecular flexibility index (Phi) is 3.92. The Morgan fingerprint density at radius 3 is 2.95 bits per heavy atom. The predicted molar refractivity (Wildman–Crippen MR) is 73.9 cm³/mol. The van der Waals surface area contributed by atoms with Crippen LogP contribution in [0.1, 0.15) is 23.5 Å². The van der Waals surface area contributed by atoms with Crippen LogP contribution in [-0.2, 0) is 30.9 Å². The summed E-state index contributed by atoms with van der Waals surface area (Å²) in [5.41, 5.74) is 2.29. The first-order valence-electron chi connectivity index (χ1n) is 6.95. The normalized spacial score (nSPS) is 14.6. The van der Waals surface area contributed by atoms with Crippen LogP contribution >= 0.6 is 0 Å². The number of carbonyl (C=O) groups excluding carboxylic acids is 1. The first kappa shape index (κ1) is 13.7. The van der Waals surface area contributed by atoms with E-state index in [4.69, 9.17) is 5.11 Å². The smallest absolute Gasteiger partial charge is 0.229 e. The summed E-state index contributed by atoms with van der Waals surface area (Å²) < 4.78 is 1.88. The van der Waals surface area contributed by atoms with Crippen LogP contribution in [0.2, 0.25) is 0 Å². The Hall–Kier alpha value is -2.28. The summed E-state index contributed by atoms with van der Waals surface area (Å²) in [6, 6.07) is 1.86. The van der Waals surface area contributed by atoms with Gasteiger partial charge < -0.3 is 10.0 Å². The number of rotatable bonds is 3. The second-order valence-corrected chi connectivity index (χ2v) is 5.05. The molecule has 1 N–H and O–H groups in total. The summed E-state index contributed by atoms with van der Waals surface area (Å²) in [6.45, 7) is 1.92. The first-order valence-corrected chi connectivity index (χ1v) is 6.95. The van der Waals surface area contributed by atoms with E-state index in [-0.39, 0.29) is 18.9 Å². The maximum absolute atomic E-state index is 12.4. The molecule has 0 atom stereocenters. The van der Waals surface area contributed by atoms with Crippen LogP contribution < -0.4 is 0 Å². The van der Waals surface area contributed by atoms with E-state index in [0.29, 0.717) is 24.5 Å². The van der Waals surface area contributed by atoms with E-state index >= 15 is 0 Å². The van der Waals surface area contributed by atoms with E-state index in [2.05, 4.69) is 15.1 Å². The fourth-order valence-electron chi connectivity index (χ4n) is 2.50. The topological polar surface area (TPSA) is 84.1 Å². The minimum Gasteiger partial charge on any atom is -0.390 e. The van der Waals surface area contributed by atoms with E-state index in [1.807, 2.05) is 15.6 Å². The van der Waals surface area contributed by atoms with Crippen molar-refractivity contribution >= 4 is 5.91 Å². The monoisotopic (exact) mass is 287 g/mol. The summed E-state index contributed by atoms with van der Waals surface area (Å²) in [4.78, 5) is 22.3. The average molecular weight is 287 g/mol. The molecule has 0 saturated heterocycles. The van der Waals surface area contributed by atoms with Gasteiger partial charge in [-0.3, -0.25) is 19.4 Å². The molecule has 2 aromatic heterocycles. The molecule has 3 heterocycles. The SMILES string of the molecule is O=C(Cc1cnccn1)N1CCCn2nc(CO)cc2C1. The maximum atomic E-state index is 12.4. The lowest BCUT2D eigenvalue weighted by molar-refractivity contribution is -0.131. The van der Waals surface area contributed by atoms with E-state index in [1.54, 1.807) is 18.6 Å². The van der Waals surface area contributed by atoms with Crippen molar-refractivity contribution in [2.24, 2.45) is 0 Å². The Morgan fingerprint density at radius 1 is 1.29 bits per heavy atom. The minimum absolute atomic E-state index is 0.0377. The third kappa shape index (κ3) is 3.08. The molecular weight excluding hydrogens is 270 g/mol. The van der Waals surface area contributed by atoms with Crippen LogP contribution in [0.5, 0.6) is 0 Å². The summed E-state index contributed by atoms with van der Waals surface area (Å²) in [6.07, 6.45) is 5.91. The first-order chi connectivity index (χ1) is 10.3. The van der Waals surface area contributed by atoms with Crippen LogP contribution in [0.25, 0.3) is 0 Å². The Bertz CT molecular complexity index is 626. The molecular formula is C14H17N5O2. The molecule has 0 spiro atoms. The quantitative estimate of drug-likeness (QED) is 0.868. The van der Waals surface area contributed by atoms with Crippen molar-refractivity contribution in [3.8, 4) is 0 Å². The number of carbonyl (C=O) groups is 1. The van der Waals surface area contributed by atoms with Crippen LogP contribution in [-0.4, -0.2) is 42.2 Å². The number of hydrogen-bond donors (Lipinski definition) is 1. The molecule has 21 heavy (non-hydrogen) atoms. The zero-order valence-electron chi connectivity index (χ0n) is 11.6. The fraction of sp³-hybridized carbons (Fsp3) is 0.429. The fourth-order valence-corrected chi connectivity index (χ4v) is 2.50. The Balaban J connectivity index is 1.72. The molecule has 0 aliphatic carbocycles. The van der Waals surface area contributed by atoms with Crippen molar-refractivity contribution < 1.29 is 9.90 Å². The van der Waals surface area contributed by atoms with Crippen molar-refractivity contribution in [3.05, 3.63) is 41.7 Å². The molecule has 1 aliphatic heterocycles. The van der Waals surface area contributed by atoms with E-state index in [0.717, 1.165) is 18.7 Å². The standard InChI is InChI=1S/C14H17N5O2/c20-10-12-6-13-9-18(4-1-5-19(13)17-12)14(21)7-11-8-15-2-3-16-11/h2-3,6,8,20H,1,4-5,7,9-10H2. The molecule has 1 aliphatic rings. The van der Waals surface area contributed by atoms with Crippen LogP contribution in [0, 0.1) is 0 Å². The summed E-state index contributed by atoms with van der Waals surface area (Å²) in [5.74, 6) is 0.0377. The van der Waals surface area contributed by atoms with Gasteiger partial charge in [0.1, 0.15) is 0 Å². The molecule has 0 saturated carbocycles. The third-order valence-electron chi connectivity index (χ3n) is 3.53. The van der Waals surface area contributed by atoms with Gasteiger partial charge in [-0.1, -0.05) is 0 Å². The number of aliphatic hydroxyl groups is 1. The van der Waals surface area contributed by atoms with Gasteiger partial charge in [-0.15, -0.1) is 0 Å². The van der Waals surface area contributed by atoms with Crippen molar-refractivity contribution in [3.63, 3.8) is 0 Å². The van der Waals surface area contributed by atoms with Gasteiger partial charge in [0.25, 0.3) is 0 Å². The number of hydrogen-bond acceptors (Lipinski definition) is 5. The third-order valence-corrected chi connectivity index (χ3v) is 3.53.